The molecule has 0 saturated heterocycles. The lowest BCUT2D eigenvalue weighted by Gasteiger charge is -2.22. The van der Waals surface area contributed by atoms with Crippen LogP contribution < -0.4 is 9.62 Å². The first-order chi connectivity index (χ1) is 12.5. The fraction of sp³-hybridized carbons (Fsp3) is 0.111. The normalized spacial score (nSPS) is 11.8. The summed E-state index contributed by atoms with van der Waals surface area (Å²) in [7, 11) is 0. The third-order valence-corrected chi connectivity index (χ3v) is 5.23. The Morgan fingerprint density at radius 1 is 1.15 bits per heavy atom. The number of para-hydroxylation sites is 1. The first-order valence-electron chi connectivity index (χ1n) is 7.76. The summed E-state index contributed by atoms with van der Waals surface area (Å²) in [5.41, 5.74) is 2.98. The number of benzene rings is 2. The van der Waals surface area contributed by atoms with Gasteiger partial charge in [-0.3, -0.25) is 14.7 Å². The predicted molar refractivity (Wildman–Crippen MR) is 105 cm³/mol. The zero-order valence-electron chi connectivity index (χ0n) is 14.2. The second-order valence-corrected chi connectivity index (χ2v) is 7.31. The summed E-state index contributed by atoms with van der Waals surface area (Å²) in [6.07, 6.45) is 0. The van der Waals surface area contributed by atoms with Crippen molar-refractivity contribution in [2.45, 2.75) is 13.8 Å². The number of nitrogens with zero attached hydrogens (tertiary/aromatic N) is 2. The van der Waals surface area contributed by atoms with Crippen LogP contribution in [0, 0.1) is 13.8 Å². The average Bonchev–Trinajstić information content (AvgIpc) is 3.02. The van der Waals surface area contributed by atoms with E-state index in [2.05, 4.69) is 10.3 Å². The molecule has 0 aliphatic carbocycles. The first-order valence-corrected chi connectivity index (χ1v) is 9.70. The summed E-state index contributed by atoms with van der Waals surface area (Å²) in [4.78, 5) is 16.9. The van der Waals surface area contributed by atoms with E-state index in [-0.39, 0.29) is 5.56 Å². The van der Waals surface area contributed by atoms with Gasteiger partial charge in [0.1, 0.15) is 0 Å². The maximum Gasteiger partial charge on any atom is 0.266 e. The lowest BCUT2D eigenvalue weighted by Crippen LogP contribution is -2.23. The molecule has 6 nitrogen and oxygen atoms in total. The van der Waals surface area contributed by atoms with Crippen LogP contribution in [0.2, 0.25) is 0 Å². The second kappa shape index (κ2) is 7.77. The highest BCUT2D eigenvalue weighted by Gasteiger charge is 2.22. The fourth-order valence-corrected chi connectivity index (χ4v) is 3.72. The highest BCUT2D eigenvalue weighted by Crippen LogP contribution is 2.31. The number of hydrogen-bond donors (Lipinski definition) is 2. The van der Waals surface area contributed by atoms with Crippen molar-refractivity contribution in [2.24, 2.45) is 0 Å². The summed E-state index contributed by atoms with van der Waals surface area (Å²) < 4.78 is 23.1. The molecule has 3 aromatic rings. The van der Waals surface area contributed by atoms with Gasteiger partial charge in [-0.1, -0.05) is 29.8 Å². The smallest absolute Gasteiger partial charge is 0.266 e. The number of nitrogens with one attached hydrogen (secondary N) is 1. The van der Waals surface area contributed by atoms with Gasteiger partial charge >= 0.3 is 0 Å². The van der Waals surface area contributed by atoms with Crippen molar-refractivity contribution in [3.05, 3.63) is 70.7 Å². The third kappa shape index (κ3) is 3.98. The Morgan fingerprint density at radius 3 is 2.46 bits per heavy atom. The molecule has 2 N–H and O–H groups in total. The van der Waals surface area contributed by atoms with Crippen LogP contribution >= 0.6 is 11.3 Å². The molecule has 0 radical (unpaired) electrons. The Hall–Kier alpha value is -2.55. The molecular formula is C18H17N3O3S2. The molecule has 2 aromatic carbocycles. The average molecular weight is 387 g/mol. The van der Waals surface area contributed by atoms with E-state index in [0.717, 1.165) is 11.3 Å². The topological polar surface area (TPSA) is 82.5 Å². The number of amides is 1. The molecule has 0 bridgehead atoms. The Labute approximate surface area is 157 Å². The van der Waals surface area contributed by atoms with Crippen molar-refractivity contribution in [1.82, 2.24) is 4.98 Å². The molecule has 8 heteroatoms. The van der Waals surface area contributed by atoms with Crippen LogP contribution in [0.3, 0.4) is 0 Å². The zero-order valence-corrected chi connectivity index (χ0v) is 15.8. The summed E-state index contributed by atoms with van der Waals surface area (Å²) in [5, 5.41) is 5.05. The summed E-state index contributed by atoms with van der Waals surface area (Å²) in [5.74, 6) is -0.391. The van der Waals surface area contributed by atoms with Crippen LogP contribution in [-0.4, -0.2) is 19.7 Å². The van der Waals surface area contributed by atoms with Gasteiger partial charge in [0.05, 0.1) is 22.6 Å². The van der Waals surface area contributed by atoms with Crippen LogP contribution in [0.5, 0.6) is 0 Å². The number of thiazole rings is 1. The maximum atomic E-state index is 12.7. The molecule has 0 spiro atoms. The minimum absolute atomic E-state index is 0.281. The fourth-order valence-electron chi connectivity index (χ4n) is 2.41. The molecule has 26 heavy (non-hydrogen) atoms. The van der Waals surface area contributed by atoms with E-state index >= 15 is 0 Å². The Kier molecular flexibility index (Phi) is 5.46. The van der Waals surface area contributed by atoms with E-state index in [9.17, 15) is 13.6 Å². The lowest BCUT2D eigenvalue weighted by molar-refractivity contribution is 0.102. The van der Waals surface area contributed by atoms with Crippen LogP contribution in [0.25, 0.3) is 0 Å². The van der Waals surface area contributed by atoms with Gasteiger partial charge in [0, 0.05) is 5.38 Å². The summed E-state index contributed by atoms with van der Waals surface area (Å²) in [6.45, 7) is 3.77. The number of aromatic nitrogens is 1. The van der Waals surface area contributed by atoms with Crippen molar-refractivity contribution in [2.75, 3.05) is 9.62 Å². The molecule has 0 saturated carbocycles. The number of carbonyl (C=O) groups excluding carboxylic acids is 1. The number of aryl methyl sites for hydroxylation is 2. The van der Waals surface area contributed by atoms with Crippen LogP contribution in [0.15, 0.2) is 53.9 Å². The highest BCUT2D eigenvalue weighted by atomic mass is 32.2. The number of rotatable bonds is 5. The van der Waals surface area contributed by atoms with E-state index < -0.39 is 17.2 Å². The van der Waals surface area contributed by atoms with Gasteiger partial charge in [-0.25, -0.2) is 13.5 Å². The van der Waals surface area contributed by atoms with Crippen molar-refractivity contribution >= 4 is 45.0 Å². The maximum absolute atomic E-state index is 12.7. The standard InChI is InChI=1S/C18H17N3O3S2/c1-12-7-9-14(10-8-12)21(26(23)24)16-6-4-3-5-15(16)17(22)20-18-19-13(2)11-25-18/h3-11H,1-2H3,(H,23,24)(H,19,20,22). The third-order valence-electron chi connectivity index (χ3n) is 3.63. The minimum Gasteiger partial charge on any atom is -0.298 e. The van der Waals surface area contributed by atoms with Crippen LogP contribution in [-0.2, 0) is 11.3 Å². The van der Waals surface area contributed by atoms with Gasteiger partial charge in [-0.05, 0) is 38.1 Å². The van der Waals surface area contributed by atoms with Gasteiger partial charge in [0.2, 0.25) is 0 Å². The molecule has 0 aliphatic heterocycles. The van der Waals surface area contributed by atoms with E-state index in [0.29, 0.717) is 16.5 Å². The molecule has 0 aliphatic rings. The molecule has 134 valence electrons. The Balaban J connectivity index is 1.99. The quantitative estimate of drug-likeness (QED) is 0.640. The Bertz CT molecular complexity index is 954. The minimum atomic E-state index is -2.34. The van der Waals surface area contributed by atoms with E-state index in [1.165, 1.54) is 15.6 Å². The first kappa shape index (κ1) is 18.2. The van der Waals surface area contributed by atoms with E-state index in [1.807, 2.05) is 31.4 Å². The number of carbonyl (C=O) groups is 1. The molecule has 1 atom stereocenters. The monoisotopic (exact) mass is 387 g/mol. The van der Waals surface area contributed by atoms with Gasteiger partial charge in [-0.15, -0.1) is 11.3 Å². The van der Waals surface area contributed by atoms with Gasteiger partial charge in [-0.2, -0.15) is 0 Å². The van der Waals surface area contributed by atoms with Crippen molar-refractivity contribution < 1.29 is 13.6 Å². The van der Waals surface area contributed by atoms with E-state index in [4.69, 9.17) is 0 Å². The molecule has 1 aromatic heterocycles. The van der Waals surface area contributed by atoms with Crippen LogP contribution in [0.4, 0.5) is 16.5 Å². The molecule has 1 heterocycles. The molecular weight excluding hydrogens is 370 g/mol. The predicted octanol–water partition coefficient (Wildman–Crippen LogP) is 4.29. The van der Waals surface area contributed by atoms with Crippen molar-refractivity contribution in [1.29, 1.82) is 0 Å². The zero-order chi connectivity index (χ0) is 18.7. The van der Waals surface area contributed by atoms with Gasteiger partial charge in [0.25, 0.3) is 17.2 Å². The molecule has 0 fully saturated rings. The molecule has 1 amide bonds. The Morgan fingerprint density at radius 2 is 1.85 bits per heavy atom. The highest BCUT2D eigenvalue weighted by molar-refractivity contribution is 7.81. The van der Waals surface area contributed by atoms with Gasteiger partial charge in [0.15, 0.2) is 5.13 Å². The summed E-state index contributed by atoms with van der Waals surface area (Å²) in [6, 6.07) is 13.8. The summed E-state index contributed by atoms with van der Waals surface area (Å²) >= 11 is -1.02. The second-order valence-electron chi connectivity index (χ2n) is 5.63. The van der Waals surface area contributed by atoms with E-state index in [1.54, 1.807) is 36.4 Å². The largest absolute Gasteiger partial charge is 0.298 e. The number of anilines is 3. The number of hydrogen-bond acceptors (Lipinski definition) is 4. The van der Waals surface area contributed by atoms with Crippen molar-refractivity contribution in [3.63, 3.8) is 0 Å². The van der Waals surface area contributed by atoms with Crippen molar-refractivity contribution in [3.8, 4) is 0 Å². The van der Waals surface area contributed by atoms with Gasteiger partial charge < -0.3 is 0 Å². The lowest BCUT2D eigenvalue weighted by atomic mass is 10.1. The van der Waals surface area contributed by atoms with Crippen LogP contribution in [0.1, 0.15) is 21.6 Å². The SMILES string of the molecule is Cc1ccc(N(c2ccccc2C(=O)Nc2nc(C)cs2)S(=O)O)cc1. The molecule has 3 rings (SSSR count). The molecule has 1 unspecified atom stereocenters.